The SMILES string of the molecule is CC(C)(C)S(=O)(=O)c1ccc(NCc2ccc(C(=O)O)cc2)cn1. The summed E-state index contributed by atoms with van der Waals surface area (Å²) in [6.07, 6.45) is 1.48. The van der Waals surface area contributed by atoms with E-state index in [-0.39, 0.29) is 10.6 Å². The first-order valence-corrected chi connectivity index (χ1v) is 8.86. The quantitative estimate of drug-likeness (QED) is 0.862. The maximum atomic E-state index is 12.3. The average molecular weight is 348 g/mol. The third kappa shape index (κ3) is 3.91. The van der Waals surface area contributed by atoms with Crippen molar-refractivity contribution in [2.75, 3.05) is 5.32 Å². The molecular weight excluding hydrogens is 328 g/mol. The van der Waals surface area contributed by atoms with Crippen LogP contribution in [0.5, 0.6) is 0 Å². The Hall–Kier alpha value is -2.41. The van der Waals surface area contributed by atoms with Crippen molar-refractivity contribution in [2.24, 2.45) is 0 Å². The molecule has 0 aliphatic rings. The van der Waals surface area contributed by atoms with Gasteiger partial charge in [-0.05, 0) is 50.6 Å². The molecule has 0 radical (unpaired) electrons. The van der Waals surface area contributed by atoms with E-state index in [1.54, 1.807) is 39.0 Å². The number of pyridine rings is 1. The molecule has 2 rings (SSSR count). The zero-order valence-electron chi connectivity index (χ0n) is 13.8. The summed E-state index contributed by atoms with van der Waals surface area (Å²) in [7, 11) is -3.47. The standard InChI is InChI=1S/C17H20N2O4S/c1-17(2,3)24(22,23)15-9-8-14(11-19-15)18-10-12-4-6-13(7-5-12)16(20)21/h4-9,11,18H,10H2,1-3H3,(H,20,21). The minimum absolute atomic E-state index is 0.0476. The fourth-order valence-electron chi connectivity index (χ4n) is 1.93. The van der Waals surface area contributed by atoms with Crippen LogP contribution in [0.2, 0.25) is 0 Å². The van der Waals surface area contributed by atoms with E-state index in [1.165, 1.54) is 24.4 Å². The van der Waals surface area contributed by atoms with Gasteiger partial charge in [-0.15, -0.1) is 0 Å². The Morgan fingerprint density at radius 1 is 1.12 bits per heavy atom. The Kier molecular flexibility index (Phi) is 4.94. The molecule has 2 N–H and O–H groups in total. The number of benzene rings is 1. The van der Waals surface area contributed by atoms with Crippen LogP contribution in [0.3, 0.4) is 0 Å². The van der Waals surface area contributed by atoms with Gasteiger partial charge in [-0.2, -0.15) is 0 Å². The molecule has 0 aliphatic heterocycles. The summed E-state index contributed by atoms with van der Waals surface area (Å²) in [5.74, 6) is -0.964. The van der Waals surface area contributed by atoms with E-state index in [9.17, 15) is 13.2 Å². The van der Waals surface area contributed by atoms with Crippen molar-refractivity contribution < 1.29 is 18.3 Å². The lowest BCUT2D eigenvalue weighted by molar-refractivity contribution is 0.0697. The van der Waals surface area contributed by atoms with Crippen molar-refractivity contribution in [1.29, 1.82) is 0 Å². The fourth-order valence-corrected chi connectivity index (χ4v) is 2.99. The molecule has 0 fully saturated rings. The first-order chi connectivity index (χ1) is 11.1. The summed E-state index contributed by atoms with van der Waals surface area (Å²) < 4.78 is 23.7. The summed E-state index contributed by atoms with van der Waals surface area (Å²) in [5, 5.41) is 12.0. The lowest BCUT2D eigenvalue weighted by Crippen LogP contribution is -2.28. The van der Waals surface area contributed by atoms with Crippen molar-refractivity contribution in [1.82, 2.24) is 4.98 Å². The zero-order chi connectivity index (χ0) is 18.0. The van der Waals surface area contributed by atoms with E-state index in [1.807, 2.05) is 0 Å². The second-order valence-electron chi connectivity index (χ2n) is 6.36. The van der Waals surface area contributed by atoms with Crippen LogP contribution in [0, 0.1) is 0 Å². The van der Waals surface area contributed by atoms with Crippen molar-refractivity contribution in [3.63, 3.8) is 0 Å². The predicted molar refractivity (Wildman–Crippen MR) is 91.9 cm³/mol. The zero-order valence-corrected chi connectivity index (χ0v) is 14.6. The molecule has 1 aromatic heterocycles. The Bertz CT molecular complexity index is 820. The Balaban J connectivity index is 2.06. The van der Waals surface area contributed by atoms with Crippen LogP contribution < -0.4 is 5.32 Å². The van der Waals surface area contributed by atoms with Gasteiger partial charge in [0.15, 0.2) is 14.9 Å². The van der Waals surface area contributed by atoms with E-state index in [0.29, 0.717) is 12.2 Å². The maximum Gasteiger partial charge on any atom is 0.335 e. The maximum absolute atomic E-state index is 12.3. The highest BCUT2D eigenvalue weighted by molar-refractivity contribution is 7.92. The highest BCUT2D eigenvalue weighted by Crippen LogP contribution is 2.23. The summed E-state index contributed by atoms with van der Waals surface area (Å²) >= 11 is 0. The van der Waals surface area contributed by atoms with Gasteiger partial charge in [0.05, 0.1) is 22.2 Å². The van der Waals surface area contributed by atoms with Gasteiger partial charge in [0.2, 0.25) is 0 Å². The average Bonchev–Trinajstić information content (AvgIpc) is 2.52. The van der Waals surface area contributed by atoms with E-state index < -0.39 is 20.6 Å². The first kappa shape index (κ1) is 17.9. The van der Waals surface area contributed by atoms with Crippen molar-refractivity contribution >= 4 is 21.5 Å². The van der Waals surface area contributed by atoms with Gasteiger partial charge in [-0.25, -0.2) is 18.2 Å². The summed E-state index contributed by atoms with van der Waals surface area (Å²) in [5.41, 5.74) is 1.83. The molecule has 0 amide bonds. The summed E-state index contributed by atoms with van der Waals surface area (Å²) in [6.45, 7) is 5.39. The molecule has 0 atom stereocenters. The van der Waals surface area contributed by atoms with E-state index in [2.05, 4.69) is 10.3 Å². The molecule has 2 aromatic rings. The highest BCUT2D eigenvalue weighted by Gasteiger charge is 2.31. The van der Waals surface area contributed by atoms with Crippen molar-refractivity contribution in [2.45, 2.75) is 37.1 Å². The van der Waals surface area contributed by atoms with E-state index >= 15 is 0 Å². The summed E-state index contributed by atoms with van der Waals surface area (Å²) in [6, 6.07) is 9.67. The van der Waals surface area contributed by atoms with Crippen LogP contribution in [-0.4, -0.2) is 29.2 Å². The number of nitrogens with zero attached hydrogens (tertiary/aromatic N) is 1. The molecule has 1 aromatic carbocycles. The number of nitrogens with one attached hydrogen (secondary N) is 1. The second-order valence-corrected chi connectivity index (χ2v) is 9.01. The van der Waals surface area contributed by atoms with Crippen molar-refractivity contribution in [3.05, 3.63) is 53.7 Å². The minimum Gasteiger partial charge on any atom is -0.478 e. The molecule has 0 saturated carbocycles. The molecule has 0 bridgehead atoms. The molecule has 0 unspecified atom stereocenters. The lowest BCUT2D eigenvalue weighted by Gasteiger charge is -2.18. The van der Waals surface area contributed by atoms with Gasteiger partial charge < -0.3 is 10.4 Å². The number of carbonyl (C=O) groups is 1. The second kappa shape index (κ2) is 6.60. The molecule has 0 saturated heterocycles. The monoisotopic (exact) mass is 348 g/mol. The number of sulfone groups is 1. The van der Waals surface area contributed by atoms with Gasteiger partial charge in [-0.1, -0.05) is 12.1 Å². The van der Waals surface area contributed by atoms with Gasteiger partial charge >= 0.3 is 5.97 Å². The summed E-state index contributed by atoms with van der Waals surface area (Å²) in [4.78, 5) is 14.8. The van der Waals surface area contributed by atoms with Crippen LogP contribution in [-0.2, 0) is 16.4 Å². The van der Waals surface area contributed by atoms with Crippen molar-refractivity contribution in [3.8, 4) is 0 Å². The third-order valence-corrected chi connectivity index (χ3v) is 5.92. The van der Waals surface area contributed by atoms with Gasteiger partial charge in [0, 0.05) is 6.54 Å². The molecule has 7 heteroatoms. The topological polar surface area (TPSA) is 96.4 Å². The molecule has 0 spiro atoms. The molecule has 24 heavy (non-hydrogen) atoms. The Labute approximate surface area is 141 Å². The number of rotatable bonds is 5. The molecule has 1 heterocycles. The number of anilines is 1. The smallest absolute Gasteiger partial charge is 0.335 e. The van der Waals surface area contributed by atoms with Gasteiger partial charge in [0.25, 0.3) is 0 Å². The molecule has 6 nitrogen and oxygen atoms in total. The highest BCUT2D eigenvalue weighted by atomic mass is 32.2. The number of carboxylic acids is 1. The van der Waals surface area contributed by atoms with Gasteiger partial charge in [0.1, 0.15) is 0 Å². The lowest BCUT2D eigenvalue weighted by atomic mass is 10.1. The van der Waals surface area contributed by atoms with Crippen LogP contribution in [0.1, 0.15) is 36.7 Å². The van der Waals surface area contributed by atoms with E-state index in [0.717, 1.165) is 5.56 Å². The van der Waals surface area contributed by atoms with Crippen LogP contribution in [0.25, 0.3) is 0 Å². The van der Waals surface area contributed by atoms with Crippen LogP contribution in [0.15, 0.2) is 47.6 Å². The van der Waals surface area contributed by atoms with Crippen LogP contribution in [0.4, 0.5) is 5.69 Å². The van der Waals surface area contributed by atoms with E-state index in [4.69, 9.17) is 5.11 Å². The molecule has 0 aliphatic carbocycles. The number of aromatic carboxylic acids is 1. The third-order valence-electron chi connectivity index (χ3n) is 3.52. The number of hydrogen-bond donors (Lipinski definition) is 2. The normalized spacial score (nSPS) is 12.0. The molecule has 128 valence electrons. The number of hydrogen-bond acceptors (Lipinski definition) is 5. The van der Waals surface area contributed by atoms with Gasteiger partial charge in [-0.3, -0.25) is 0 Å². The first-order valence-electron chi connectivity index (χ1n) is 7.38. The minimum atomic E-state index is -3.47. The largest absolute Gasteiger partial charge is 0.478 e. The fraction of sp³-hybridized carbons (Fsp3) is 0.294. The Morgan fingerprint density at radius 2 is 1.75 bits per heavy atom. The Morgan fingerprint density at radius 3 is 2.21 bits per heavy atom. The predicted octanol–water partition coefficient (Wildman–Crippen LogP) is 2.96. The molecular formula is C17H20N2O4S. The number of carboxylic acid groups (broad SMARTS) is 1. The van der Waals surface area contributed by atoms with Crippen LogP contribution >= 0.6 is 0 Å². The number of aromatic nitrogens is 1.